The maximum atomic E-state index is 12.2. The Balaban J connectivity index is 4.91. The molecule has 21 heavy (non-hydrogen) atoms. The van der Waals surface area contributed by atoms with Gasteiger partial charge in [-0.2, -0.15) is 0 Å². The van der Waals surface area contributed by atoms with Gasteiger partial charge in [0.15, 0.2) is 0 Å². The topological polar surface area (TPSA) is 9.23 Å². The second kappa shape index (κ2) is 7.60. The second-order valence-electron chi connectivity index (χ2n) is 4.73. The summed E-state index contributed by atoms with van der Waals surface area (Å²) in [6.45, 7) is 0. The third-order valence-electron chi connectivity index (χ3n) is 3.03. The molecule has 0 aliphatic rings. The molecule has 11 heteroatoms. The van der Waals surface area contributed by atoms with Gasteiger partial charge in [-0.05, 0) is 0 Å². The molecule has 0 saturated heterocycles. The Labute approximate surface area is 120 Å². The van der Waals surface area contributed by atoms with Crippen molar-refractivity contribution in [1.29, 1.82) is 0 Å². The van der Waals surface area contributed by atoms with Gasteiger partial charge in [0.25, 0.3) is 0 Å². The van der Waals surface area contributed by atoms with Gasteiger partial charge in [0.05, 0.1) is 0 Å². The summed E-state index contributed by atoms with van der Waals surface area (Å²) in [5, 5.41) is 0. The molecule has 0 amide bonds. The molecular weight excluding hydrogens is 426 g/mol. The standard InChI is InChI=1S/3C3H4F3.CH3O.Sn/c3*1-2-3(4,5)6;1-2;/h3*1-2H2;1H3;/q;;;-1;+1. The molecule has 0 rings (SSSR count). The third kappa shape index (κ3) is 11.4. The number of rotatable bonds is 7. The van der Waals surface area contributed by atoms with E-state index in [1.165, 1.54) is 0 Å². The summed E-state index contributed by atoms with van der Waals surface area (Å²) in [5.74, 6) is 0. The van der Waals surface area contributed by atoms with E-state index in [0.717, 1.165) is 7.11 Å². The molecule has 1 nitrogen and oxygen atoms in total. The van der Waals surface area contributed by atoms with Gasteiger partial charge in [0, 0.05) is 0 Å². The van der Waals surface area contributed by atoms with E-state index in [-0.39, 0.29) is 0 Å². The number of hydrogen-bond acceptors (Lipinski definition) is 1. The van der Waals surface area contributed by atoms with Crippen molar-refractivity contribution in [2.75, 3.05) is 7.11 Å². The van der Waals surface area contributed by atoms with Crippen molar-refractivity contribution >= 4 is 18.8 Å². The molecule has 0 unspecified atom stereocenters. The van der Waals surface area contributed by atoms with Crippen LogP contribution in [-0.2, 0) is 3.07 Å². The van der Waals surface area contributed by atoms with Crippen LogP contribution in [0.3, 0.4) is 0 Å². The first kappa shape index (κ1) is 21.1. The molecule has 0 heterocycles. The fraction of sp³-hybridized carbons (Fsp3) is 1.00. The molecule has 0 radical (unpaired) electrons. The van der Waals surface area contributed by atoms with Crippen LogP contribution in [0.1, 0.15) is 19.3 Å². The first-order valence-electron chi connectivity index (χ1n) is 5.93. The molecule has 0 aromatic heterocycles. The molecule has 0 spiro atoms. The van der Waals surface area contributed by atoms with Crippen LogP contribution in [0.4, 0.5) is 39.5 Å². The second-order valence-corrected chi connectivity index (χ2v) is 16.9. The number of alkyl halides is 9. The number of halogens is 9. The Kier molecular flexibility index (Phi) is 7.65. The molecule has 0 saturated carbocycles. The predicted octanol–water partition coefficient (Wildman–Crippen LogP) is 5.44. The molecule has 0 atom stereocenters. The summed E-state index contributed by atoms with van der Waals surface area (Å²) in [5.41, 5.74) is 0. The summed E-state index contributed by atoms with van der Waals surface area (Å²) in [7, 11) is 0.916. The van der Waals surface area contributed by atoms with Crippen LogP contribution in [0.2, 0.25) is 13.3 Å². The van der Waals surface area contributed by atoms with Gasteiger partial charge in [-0.25, -0.2) is 0 Å². The minimum absolute atomic E-state index is 0.735. The van der Waals surface area contributed by atoms with Gasteiger partial charge >= 0.3 is 120 Å². The van der Waals surface area contributed by atoms with Gasteiger partial charge in [-0.1, -0.05) is 0 Å². The van der Waals surface area contributed by atoms with Crippen molar-refractivity contribution in [1.82, 2.24) is 0 Å². The summed E-state index contributed by atoms with van der Waals surface area (Å²) in [6, 6.07) is 0. The van der Waals surface area contributed by atoms with Crippen molar-refractivity contribution < 1.29 is 42.6 Å². The molecule has 0 bridgehead atoms. The van der Waals surface area contributed by atoms with Crippen LogP contribution < -0.4 is 0 Å². The van der Waals surface area contributed by atoms with Gasteiger partial charge in [-0.3, -0.25) is 0 Å². The van der Waals surface area contributed by atoms with E-state index in [9.17, 15) is 39.5 Å². The van der Waals surface area contributed by atoms with Gasteiger partial charge in [-0.15, -0.1) is 0 Å². The first-order chi connectivity index (χ1) is 9.18. The van der Waals surface area contributed by atoms with E-state index in [4.69, 9.17) is 3.07 Å². The van der Waals surface area contributed by atoms with Crippen molar-refractivity contribution in [2.24, 2.45) is 0 Å². The Morgan fingerprint density at radius 2 is 0.857 bits per heavy atom. The van der Waals surface area contributed by atoms with E-state index >= 15 is 0 Å². The van der Waals surface area contributed by atoms with E-state index in [2.05, 4.69) is 0 Å². The van der Waals surface area contributed by atoms with E-state index in [1.54, 1.807) is 0 Å². The Morgan fingerprint density at radius 3 is 1.00 bits per heavy atom. The zero-order chi connectivity index (χ0) is 16.9. The Hall–Kier alpha value is 0.129. The normalized spacial score (nSPS) is 14.6. The monoisotopic (exact) mass is 442 g/mol. The van der Waals surface area contributed by atoms with Crippen molar-refractivity contribution in [2.45, 2.75) is 51.1 Å². The fourth-order valence-corrected chi connectivity index (χ4v) is 12.0. The van der Waals surface area contributed by atoms with Crippen LogP contribution in [0.25, 0.3) is 0 Å². The van der Waals surface area contributed by atoms with Crippen LogP contribution in [0.15, 0.2) is 0 Å². The molecule has 128 valence electrons. The van der Waals surface area contributed by atoms with Crippen LogP contribution in [-0.4, -0.2) is 44.4 Å². The van der Waals surface area contributed by atoms with E-state index < -0.39 is 69.9 Å². The molecule has 0 N–H and O–H groups in total. The van der Waals surface area contributed by atoms with Crippen LogP contribution >= 0.6 is 0 Å². The number of hydrogen-bond donors (Lipinski definition) is 0. The third-order valence-corrected chi connectivity index (χ3v) is 15.4. The maximum absolute atomic E-state index is 12.2. The average molecular weight is 441 g/mol. The zero-order valence-corrected chi connectivity index (χ0v) is 13.9. The fourth-order valence-electron chi connectivity index (χ4n) is 1.79. The van der Waals surface area contributed by atoms with Crippen LogP contribution in [0, 0.1) is 0 Å². The summed E-state index contributed by atoms with van der Waals surface area (Å²) >= 11 is -4.61. The zero-order valence-electron chi connectivity index (χ0n) is 11.1. The van der Waals surface area contributed by atoms with Gasteiger partial charge in [0.2, 0.25) is 0 Å². The minimum atomic E-state index is -4.63. The van der Waals surface area contributed by atoms with E-state index in [0.29, 0.717) is 0 Å². The summed E-state index contributed by atoms with van der Waals surface area (Å²) < 4.78 is 112. The average Bonchev–Trinajstić information content (AvgIpc) is 2.25. The summed E-state index contributed by atoms with van der Waals surface area (Å²) in [6.07, 6.45) is -18.1. The Morgan fingerprint density at radius 1 is 0.619 bits per heavy atom. The van der Waals surface area contributed by atoms with Crippen molar-refractivity contribution in [3.05, 3.63) is 0 Å². The Bertz CT molecular complexity index is 262. The van der Waals surface area contributed by atoms with Crippen LogP contribution in [0.5, 0.6) is 0 Å². The molecule has 0 aromatic rings. The predicted molar refractivity (Wildman–Crippen MR) is 59.2 cm³/mol. The first-order valence-corrected chi connectivity index (χ1v) is 13.2. The SMILES string of the molecule is C[O][Sn]([CH2]CC(F)(F)F)([CH2]CC(F)(F)F)[CH2]CC(F)(F)F. The van der Waals surface area contributed by atoms with Gasteiger partial charge < -0.3 is 0 Å². The van der Waals surface area contributed by atoms with Crippen molar-refractivity contribution in [3.8, 4) is 0 Å². The molecule has 0 aliphatic heterocycles. The quantitative estimate of drug-likeness (QED) is 0.378. The molecule has 0 aromatic carbocycles. The molecule has 0 aliphatic carbocycles. The summed E-state index contributed by atoms with van der Waals surface area (Å²) in [4.78, 5) is 0. The van der Waals surface area contributed by atoms with Crippen molar-refractivity contribution in [3.63, 3.8) is 0 Å². The van der Waals surface area contributed by atoms with Gasteiger partial charge in [0.1, 0.15) is 0 Å². The van der Waals surface area contributed by atoms with E-state index in [1.807, 2.05) is 0 Å². The molecule has 0 fully saturated rings. The molecular formula is C10H15F9OSn.